The molecule has 0 saturated carbocycles. The number of hydrogen-bond acceptors (Lipinski definition) is 4. The molecule has 20 heavy (non-hydrogen) atoms. The number of rotatable bonds is 3. The molecule has 9 heteroatoms. The Bertz CT molecular complexity index is 566. The second-order valence-electron chi connectivity index (χ2n) is 4.04. The molecule has 1 aliphatic rings. The monoisotopic (exact) mass is 316 g/mol. The van der Waals surface area contributed by atoms with Gasteiger partial charge in [-0.3, -0.25) is 14.5 Å². The minimum atomic E-state index is -0.611. The Kier molecular flexibility index (Phi) is 4.01. The van der Waals surface area contributed by atoms with Crippen LogP contribution in [0.4, 0.5) is 16.2 Å². The van der Waals surface area contributed by atoms with E-state index in [1.807, 2.05) is 0 Å². The first-order chi connectivity index (χ1) is 9.38. The number of amides is 4. The van der Waals surface area contributed by atoms with Crippen molar-refractivity contribution < 1.29 is 14.4 Å². The number of imide groups is 1. The van der Waals surface area contributed by atoms with E-state index in [0.29, 0.717) is 5.02 Å². The molecule has 0 radical (unpaired) electrons. The average molecular weight is 317 g/mol. The Labute approximate surface area is 124 Å². The van der Waals surface area contributed by atoms with Gasteiger partial charge in [-0.1, -0.05) is 23.2 Å². The molecular formula is C11H10Cl2N4O3. The zero-order valence-electron chi connectivity index (χ0n) is 10.1. The van der Waals surface area contributed by atoms with Crippen LogP contribution in [0.15, 0.2) is 12.1 Å². The first-order valence-electron chi connectivity index (χ1n) is 5.51. The number of nitrogens with one attached hydrogen (secondary N) is 2. The Balaban J connectivity index is 2.09. The maximum atomic E-state index is 11.8. The zero-order valence-corrected chi connectivity index (χ0v) is 11.6. The molecule has 0 atom stereocenters. The topological polar surface area (TPSA) is 105 Å². The number of carbonyl (C=O) groups is 3. The SMILES string of the molecule is Nc1cc(Cl)cc(Cl)c1NC(=O)CN1C(=O)CNC1=O. The van der Waals surface area contributed by atoms with Crippen LogP contribution in [0.2, 0.25) is 10.0 Å². The van der Waals surface area contributed by atoms with E-state index in [1.165, 1.54) is 12.1 Å². The lowest BCUT2D eigenvalue weighted by atomic mass is 10.2. The molecule has 1 heterocycles. The summed E-state index contributed by atoms with van der Waals surface area (Å²) >= 11 is 11.7. The molecular weight excluding hydrogens is 307 g/mol. The fraction of sp³-hybridized carbons (Fsp3) is 0.182. The third-order valence-electron chi connectivity index (χ3n) is 2.59. The van der Waals surface area contributed by atoms with E-state index in [2.05, 4.69) is 10.6 Å². The largest absolute Gasteiger partial charge is 0.397 e. The van der Waals surface area contributed by atoms with Gasteiger partial charge in [0.05, 0.1) is 22.9 Å². The first-order valence-corrected chi connectivity index (χ1v) is 6.26. The molecule has 0 bridgehead atoms. The highest BCUT2D eigenvalue weighted by molar-refractivity contribution is 6.37. The van der Waals surface area contributed by atoms with Crippen molar-refractivity contribution in [1.82, 2.24) is 10.2 Å². The van der Waals surface area contributed by atoms with Gasteiger partial charge in [0.15, 0.2) is 0 Å². The molecule has 0 aliphatic carbocycles. The number of anilines is 2. The Morgan fingerprint density at radius 1 is 1.40 bits per heavy atom. The van der Waals surface area contributed by atoms with Crippen molar-refractivity contribution in [2.75, 3.05) is 24.1 Å². The van der Waals surface area contributed by atoms with Crippen molar-refractivity contribution in [3.8, 4) is 0 Å². The van der Waals surface area contributed by atoms with E-state index >= 15 is 0 Å². The highest BCUT2D eigenvalue weighted by Crippen LogP contribution is 2.31. The molecule has 1 fully saturated rings. The minimum Gasteiger partial charge on any atom is -0.397 e. The fourth-order valence-corrected chi connectivity index (χ4v) is 2.22. The van der Waals surface area contributed by atoms with Gasteiger partial charge >= 0.3 is 6.03 Å². The van der Waals surface area contributed by atoms with E-state index in [1.54, 1.807) is 0 Å². The summed E-state index contributed by atoms with van der Waals surface area (Å²) in [6.07, 6.45) is 0. The summed E-state index contributed by atoms with van der Waals surface area (Å²) in [5.41, 5.74) is 6.07. The van der Waals surface area contributed by atoms with Crippen molar-refractivity contribution in [3.05, 3.63) is 22.2 Å². The summed E-state index contributed by atoms with van der Waals surface area (Å²) in [7, 11) is 0. The van der Waals surface area contributed by atoms with Crippen molar-refractivity contribution >= 4 is 52.4 Å². The van der Waals surface area contributed by atoms with Crippen molar-refractivity contribution in [1.29, 1.82) is 0 Å². The molecule has 106 valence electrons. The summed E-state index contributed by atoms with van der Waals surface area (Å²) < 4.78 is 0. The van der Waals surface area contributed by atoms with Gasteiger partial charge in [-0.15, -0.1) is 0 Å². The zero-order chi connectivity index (χ0) is 14.9. The van der Waals surface area contributed by atoms with Crippen LogP contribution in [-0.2, 0) is 9.59 Å². The van der Waals surface area contributed by atoms with Gasteiger partial charge < -0.3 is 16.4 Å². The number of nitrogen functional groups attached to an aromatic ring is 1. The van der Waals surface area contributed by atoms with Crippen LogP contribution in [-0.4, -0.2) is 35.8 Å². The Morgan fingerprint density at radius 2 is 2.10 bits per heavy atom. The van der Waals surface area contributed by atoms with Gasteiger partial charge in [-0.05, 0) is 12.1 Å². The molecule has 1 aliphatic heterocycles. The first kappa shape index (κ1) is 14.4. The van der Waals surface area contributed by atoms with E-state index in [9.17, 15) is 14.4 Å². The summed E-state index contributed by atoms with van der Waals surface area (Å²) in [5.74, 6) is -1.06. The predicted octanol–water partition coefficient (Wildman–Crippen LogP) is 1.07. The van der Waals surface area contributed by atoms with Crippen LogP contribution in [0.5, 0.6) is 0 Å². The minimum absolute atomic E-state index is 0.115. The highest BCUT2D eigenvalue weighted by atomic mass is 35.5. The average Bonchev–Trinajstić information content (AvgIpc) is 2.65. The van der Waals surface area contributed by atoms with Gasteiger partial charge in [0.1, 0.15) is 6.54 Å². The van der Waals surface area contributed by atoms with Crippen molar-refractivity contribution in [2.45, 2.75) is 0 Å². The summed E-state index contributed by atoms with van der Waals surface area (Å²) in [5, 5.41) is 5.25. The fourth-order valence-electron chi connectivity index (χ4n) is 1.66. The predicted molar refractivity (Wildman–Crippen MR) is 74.6 cm³/mol. The lowest BCUT2D eigenvalue weighted by Crippen LogP contribution is -2.38. The molecule has 0 unspecified atom stereocenters. The molecule has 2 rings (SSSR count). The van der Waals surface area contributed by atoms with Crippen LogP contribution in [0.1, 0.15) is 0 Å². The van der Waals surface area contributed by atoms with Gasteiger partial charge in [-0.2, -0.15) is 0 Å². The second-order valence-corrected chi connectivity index (χ2v) is 4.88. The third-order valence-corrected chi connectivity index (χ3v) is 3.10. The number of hydrogen-bond donors (Lipinski definition) is 3. The van der Waals surface area contributed by atoms with Crippen LogP contribution < -0.4 is 16.4 Å². The number of halogens is 2. The second kappa shape index (κ2) is 5.56. The molecule has 4 N–H and O–H groups in total. The summed E-state index contributed by atoms with van der Waals surface area (Å²) in [4.78, 5) is 35.3. The lowest BCUT2D eigenvalue weighted by molar-refractivity contribution is -0.128. The van der Waals surface area contributed by atoms with E-state index in [4.69, 9.17) is 28.9 Å². The quantitative estimate of drug-likeness (QED) is 0.573. The van der Waals surface area contributed by atoms with Crippen LogP contribution in [0.3, 0.4) is 0 Å². The van der Waals surface area contributed by atoms with Crippen LogP contribution in [0.25, 0.3) is 0 Å². The Hall–Kier alpha value is -1.99. The highest BCUT2D eigenvalue weighted by Gasteiger charge is 2.30. The maximum absolute atomic E-state index is 11.8. The lowest BCUT2D eigenvalue weighted by Gasteiger charge is -2.14. The van der Waals surface area contributed by atoms with E-state index in [-0.39, 0.29) is 22.9 Å². The number of nitrogens with zero attached hydrogens (tertiary/aromatic N) is 1. The molecule has 0 aromatic heterocycles. The van der Waals surface area contributed by atoms with Crippen LogP contribution in [0, 0.1) is 0 Å². The number of benzene rings is 1. The van der Waals surface area contributed by atoms with Crippen molar-refractivity contribution in [2.24, 2.45) is 0 Å². The van der Waals surface area contributed by atoms with Gasteiger partial charge in [-0.25, -0.2) is 4.79 Å². The molecule has 0 spiro atoms. The van der Waals surface area contributed by atoms with Gasteiger partial charge in [0.25, 0.3) is 5.91 Å². The summed E-state index contributed by atoms with van der Waals surface area (Å²) in [6.45, 7) is -0.529. The molecule has 1 saturated heterocycles. The van der Waals surface area contributed by atoms with E-state index < -0.39 is 24.4 Å². The Morgan fingerprint density at radius 3 is 2.65 bits per heavy atom. The molecule has 1 aromatic rings. The third kappa shape index (κ3) is 2.94. The maximum Gasteiger partial charge on any atom is 0.325 e. The standard InChI is InChI=1S/C11H10Cl2N4O3/c12-5-1-6(13)10(7(14)2-5)16-8(18)4-17-9(19)3-15-11(17)20/h1-2H,3-4,14H2,(H,15,20)(H,16,18). The summed E-state index contributed by atoms with van der Waals surface area (Å²) in [6, 6.07) is 2.24. The number of carbonyl (C=O) groups excluding carboxylic acids is 3. The van der Waals surface area contributed by atoms with Crippen molar-refractivity contribution in [3.63, 3.8) is 0 Å². The molecule has 4 amide bonds. The van der Waals surface area contributed by atoms with Crippen LogP contribution >= 0.6 is 23.2 Å². The number of urea groups is 1. The molecule has 7 nitrogen and oxygen atoms in total. The smallest absolute Gasteiger partial charge is 0.325 e. The normalized spacial score (nSPS) is 14.4. The van der Waals surface area contributed by atoms with E-state index in [0.717, 1.165) is 4.90 Å². The number of nitrogens with two attached hydrogens (primary N) is 1. The van der Waals surface area contributed by atoms with Gasteiger partial charge in [0.2, 0.25) is 5.91 Å². The van der Waals surface area contributed by atoms with Gasteiger partial charge in [0, 0.05) is 5.02 Å². The molecule has 1 aromatic carbocycles.